The number of carbonyl (C=O) groups excluding carboxylic acids is 2. The van der Waals surface area contributed by atoms with Crippen LogP contribution in [-0.2, 0) is 10.2 Å². The molecule has 1 heterocycles. The average Bonchev–Trinajstić information content (AvgIpc) is 2.57. The standard InChI is InChI=1S/C17H14N2O4/c1-18-15(20)13-9-5-6-10-14(13)17(16(18)21,11-19(22)23)12-7-3-2-4-8-12/h2-10H,11H2,1H3. The molecule has 1 aliphatic heterocycles. The summed E-state index contributed by atoms with van der Waals surface area (Å²) in [6.07, 6.45) is 0. The van der Waals surface area contributed by atoms with Crippen LogP contribution in [0.25, 0.3) is 0 Å². The first-order valence-electron chi connectivity index (χ1n) is 7.08. The molecule has 0 radical (unpaired) electrons. The molecule has 1 atom stereocenters. The number of nitrogens with zero attached hydrogens (tertiary/aromatic N) is 2. The number of likely N-dealkylation sites (N-methyl/N-ethyl adjacent to an activating group) is 1. The van der Waals surface area contributed by atoms with E-state index in [0.717, 1.165) is 4.90 Å². The van der Waals surface area contributed by atoms with E-state index in [1.54, 1.807) is 54.6 Å². The largest absolute Gasteiger partial charge is 0.280 e. The van der Waals surface area contributed by atoms with E-state index in [2.05, 4.69) is 0 Å². The van der Waals surface area contributed by atoms with Gasteiger partial charge in [0.25, 0.3) is 11.8 Å². The maximum absolute atomic E-state index is 13.0. The van der Waals surface area contributed by atoms with Crippen molar-refractivity contribution in [2.75, 3.05) is 13.6 Å². The molecule has 2 aromatic carbocycles. The third kappa shape index (κ3) is 2.11. The zero-order valence-corrected chi connectivity index (χ0v) is 12.4. The Kier molecular flexibility index (Phi) is 3.44. The summed E-state index contributed by atoms with van der Waals surface area (Å²) in [6.45, 7) is -0.607. The quantitative estimate of drug-likeness (QED) is 0.492. The van der Waals surface area contributed by atoms with Crippen LogP contribution in [0.4, 0.5) is 0 Å². The summed E-state index contributed by atoms with van der Waals surface area (Å²) in [4.78, 5) is 37.1. The van der Waals surface area contributed by atoms with Gasteiger partial charge in [0.1, 0.15) is 0 Å². The van der Waals surface area contributed by atoms with Crippen LogP contribution in [0.2, 0.25) is 0 Å². The molecule has 6 nitrogen and oxygen atoms in total. The molecule has 0 fully saturated rings. The highest BCUT2D eigenvalue weighted by molar-refractivity contribution is 6.14. The number of hydrogen-bond donors (Lipinski definition) is 0. The Balaban J connectivity index is 2.38. The minimum Gasteiger partial charge on any atom is -0.280 e. The van der Waals surface area contributed by atoms with Gasteiger partial charge in [0.15, 0.2) is 5.41 Å². The van der Waals surface area contributed by atoms with Crippen LogP contribution in [0.1, 0.15) is 21.5 Å². The van der Waals surface area contributed by atoms with Gasteiger partial charge in [-0.05, 0) is 17.2 Å². The highest BCUT2D eigenvalue weighted by atomic mass is 16.6. The van der Waals surface area contributed by atoms with Gasteiger partial charge in [-0.2, -0.15) is 0 Å². The van der Waals surface area contributed by atoms with E-state index >= 15 is 0 Å². The van der Waals surface area contributed by atoms with Gasteiger partial charge in [-0.1, -0.05) is 48.5 Å². The first-order valence-corrected chi connectivity index (χ1v) is 7.08. The van der Waals surface area contributed by atoms with Crippen LogP contribution in [0.3, 0.4) is 0 Å². The van der Waals surface area contributed by atoms with Crippen molar-refractivity contribution < 1.29 is 14.5 Å². The minimum atomic E-state index is -1.50. The summed E-state index contributed by atoms with van der Waals surface area (Å²) in [7, 11) is 1.36. The van der Waals surface area contributed by atoms with E-state index in [9.17, 15) is 19.7 Å². The lowest BCUT2D eigenvalue weighted by Crippen LogP contribution is -2.56. The number of imide groups is 1. The van der Waals surface area contributed by atoms with Crippen molar-refractivity contribution in [3.8, 4) is 0 Å². The second-order valence-electron chi connectivity index (χ2n) is 5.48. The predicted molar refractivity (Wildman–Crippen MR) is 82.6 cm³/mol. The molecular formula is C17H14N2O4. The van der Waals surface area contributed by atoms with Gasteiger partial charge in [0.2, 0.25) is 6.54 Å². The van der Waals surface area contributed by atoms with E-state index in [0.29, 0.717) is 16.7 Å². The van der Waals surface area contributed by atoms with Crippen LogP contribution in [0.15, 0.2) is 54.6 Å². The smallest absolute Gasteiger partial charge is 0.260 e. The van der Waals surface area contributed by atoms with Crippen LogP contribution < -0.4 is 0 Å². The van der Waals surface area contributed by atoms with E-state index in [1.807, 2.05) is 0 Å². The SMILES string of the molecule is CN1C(=O)c2ccccc2C(C[N+](=O)[O-])(c2ccccc2)C1=O. The van der Waals surface area contributed by atoms with Gasteiger partial charge in [-0.3, -0.25) is 24.6 Å². The third-order valence-corrected chi connectivity index (χ3v) is 4.22. The Hall–Kier alpha value is -3.02. The number of carbonyl (C=O) groups is 2. The van der Waals surface area contributed by atoms with E-state index in [1.165, 1.54) is 7.05 Å². The van der Waals surface area contributed by atoms with Crippen molar-refractivity contribution in [2.45, 2.75) is 5.41 Å². The molecule has 1 unspecified atom stereocenters. The second-order valence-corrected chi connectivity index (χ2v) is 5.48. The van der Waals surface area contributed by atoms with Crippen LogP contribution >= 0.6 is 0 Å². The number of fused-ring (bicyclic) bond motifs is 1. The van der Waals surface area contributed by atoms with Crippen LogP contribution in [0, 0.1) is 10.1 Å². The number of hydrogen-bond acceptors (Lipinski definition) is 4. The molecule has 23 heavy (non-hydrogen) atoms. The molecule has 0 saturated heterocycles. The van der Waals surface area contributed by atoms with Gasteiger partial charge in [-0.25, -0.2) is 0 Å². The summed E-state index contributed by atoms with van der Waals surface area (Å²) in [6, 6.07) is 15.2. The zero-order chi connectivity index (χ0) is 16.6. The van der Waals surface area contributed by atoms with E-state index in [-0.39, 0.29) is 0 Å². The van der Waals surface area contributed by atoms with Gasteiger partial charge >= 0.3 is 0 Å². The van der Waals surface area contributed by atoms with Gasteiger partial charge in [0.05, 0.1) is 0 Å². The van der Waals surface area contributed by atoms with E-state index < -0.39 is 28.7 Å². The molecule has 116 valence electrons. The molecule has 0 bridgehead atoms. The number of benzene rings is 2. The topological polar surface area (TPSA) is 80.5 Å². The second kappa shape index (κ2) is 5.31. The average molecular weight is 310 g/mol. The minimum absolute atomic E-state index is 0.320. The maximum atomic E-state index is 13.0. The maximum Gasteiger partial charge on any atom is 0.260 e. The van der Waals surface area contributed by atoms with Crippen molar-refractivity contribution in [1.29, 1.82) is 0 Å². The highest BCUT2D eigenvalue weighted by Crippen LogP contribution is 2.40. The number of rotatable bonds is 3. The number of amides is 2. The Bertz CT molecular complexity index is 803. The predicted octanol–water partition coefficient (Wildman–Crippen LogP) is 1.86. The van der Waals surface area contributed by atoms with Crippen LogP contribution in [-0.4, -0.2) is 35.2 Å². The van der Waals surface area contributed by atoms with Crippen molar-refractivity contribution in [3.63, 3.8) is 0 Å². The normalized spacial score (nSPS) is 20.3. The number of nitro groups is 1. The van der Waals surface area contributed by atoms with Crippen molar-refractivity contribution >= 4 is 11.8 Å². The highest BCUT2D eigenvalue weighted by Gasteiger charge is 2.54. The van der Waals surface area contributed by atoms with Crippen molar-refractivity contribution in [1.82, 2.24) is 4.90 Å². The Morgan fingerprint density at radius 2 is 1.65 bits per heavy atom. The summed E-state index contributed by atoms with van der Waals surface area (Å²) >= 11 is 0. The molecule has 2 aromatic rings. The Morgan fingerprint density at radius 1 is 1.04 bits per heavy atom. The van der Waals surface area contributed by atoms with Gasteiger partial charge in [-0.15, -0.1) is 0 Å². The fraction of sp³-hybridized carbons (Fsp3) is 0.176. The van der Waals surface area contributed by atoms with Crippen molar-refractivity contribution in [2.24, 2.45) is 0 Å². The lowest BCUT2D eigenvalue weighted by Gasteiger charge is -2.38. The lowest BCUT2D eigenvalue weighted by atomic mass is 9.69. The summed E-state index contributed by atoms with van der Waals surface area (Å²) in [5.41, 5.74) is -0.283. The fourth-order valence-corrected chi connectivity index (χ4v) is 3.16. The first kappa shape index (κ1) is 14.9. The fourth-order valence-electron chi connectivity index (χ4n) is 3.16. The molecule has 6 heteroatoms. The molecule has 0 aromatic heterocycles. The van der Waals surface area contributed by atoms with Crippen molar-refractivity contribution in [3.05, 3.63) is 81.4 Å². The third-order valence-electron chi connectivity index (χ3n) is 4.22. The molecule has 0 aliphatic carbocycles. The first-order chi connectivity index (χ1) is 11.0. The molecule has 2 amide bonds. The lowest BCUT2D eigenvalue weighted by molar-refractivity contribution is -0.486. The molecule has 0 N–H and O–H groups in total. The molecular weight excluding hydrogens is 296 g/mol. The molecule has 1 aliphatic rings. The van der Waals surface area contributed by atoms with Gasteiger partial charge in [0, 0.05) is 17.5 Å². The Morgan fingerprint density at radius 3 is 2.30 bits per heavy atom. The van der Waals surface area contributed by atoms with E-state index in [4.69, 9.17) is 0 Å². The molecule has 0 spiro atoms. The molecule has 3 rings (SSSR count). The van der Waals surface area contributed by atoms with Crippen LogP contribution in [0.5, 0.6) is 0 Å². The monoisotopic (exact) mass is 310 g/mol. The zero-order valence-electron chi connectivity index (χ0n) is 12.4. The summed E-state index contributed by atoms with van der Waals surface area (Å²) in [5.74, 6) is -1.02. The summed E-state index contributed by atoms with van der Waals surface area (Å²) < 4.78 is 0. The molecule has 0 saturated carbocycles. The summed E-state index contributed by atoms with van der Waals surface area (Å²) in [5, 5.41) is 11.3. The van der Waals surface area contributed by atoms with Gasteiger partial charge < -0.3 is 0 Å². The Labute approximate surface area is 132 Å².